The van der Waals surface area contributed by atoms with Crippen LogP contribution in [-0.4, -0.2) is 30.8 Å². The summed E-state index contributed by atoms with van der Waals surface area (Å²) in [4.78, 5) is 25.0. The molecule has 5 rings (SSSR count). The number of fused-ring (bicyclic) bond motifs is 8. The minimum atomic E-state index is -0.513. The molecule has 0 atom stereocenters. The van der Waals surface area contributed by atoms with Gasteiger partial charge in [0.25, 0.3) is 10.5 Å². The molecule has 1 aliphatic rings. The molecule has 4 aromatic rings. The van der Waals surface area contributed by atoms with Crippen LogP contribution in [0.3, 0.4) is 0 Å². The number of carbonyl (C=O) groups excluding carboxylic acids is 2. The van der Waals surface area contributed by atoms with Gasteiger partial charge < -0.3 is 14.2 Å². The Hall–Kier alpha value is -3.80. The molecule has 0 unspecified atom stereocenters. The highest BCUT2D eigenvalue weighted by atomic mass is 35.5. The number of methoxy groups -OCH3 is 1. The van der Waals surface area contributed by atoms with Crippen molar-refractivity contribution in [2.45, 2.75) is 52.4 Å². The molecule has 0 fully saturated rings. The van der Waals surface area contributed by atoms with Crippen molar-refractivity contribution in [3.63, 3.8) is 0 Å². The third-order valence-corrected chi connectivity index (χ3v) is 8.20. The lowest BCUT2D eigenvalue weighted by atomic mass is 9.90. The number of halogens is 2. The van der Waals surface area contributed by atoms with Crippen molar-refractivity contribution in [1.29, 1.82) is 0 Å². The molecule has 0 radical (unpaired) electrons. The van der Waals surface area contributed by atoms with Crippen LogP contribution in [0.5, 0.6) is 17.2 Å². The molecule has 0 saturated heterocycles. The zero-order valence-corrected chi connectivity index (χ0v) is 26.8. The Labute approximate surface area is 269 Å². The molecule has 0 amide bonds. The summed E-state index contributed by atoms with van der Waals surface area (Å²) in [5.74, 6) is 2.26. The fraction of sp³-hybridized carbons (Fsp3) is 0.297. The summed E-state index contributed by atoms with van der Waals surface area (Å²) in [5.41, 5.74) is 8.36. The summed E-state index contributed by atoms with van der Waals surface area (Å²) < 4.78 is 18.8. The first-order valence-corrected chi connectivity index (χ1v) is 15.8. The maximum atomic E-state index is 12.5. The van der Waals surface area contributed by atoms with Crippen molar-refractivity contribution in [2.75, 3.05) is 20.3 Å². The van der Waals surface area contributed by atoms with Gasteiger partial charge in [-0.2, -0.15) is 0 Å². The molecule has 44 heavy (non-hydrogen) atoms. The van der Waals surface area contributed by atoms with Crippen LogP contribution < -0.4 is 14.2 Å². The van der Waals surface area contributed by atoms with Crippen LogP contribution in [0.2, 0.25) is 0 Å². The third-order valence-electron chi connectivity index (χ3n) is 7.77. The summed E-state index contributed by atoms with van der Waals surface area (Å²) in [5, 5.41) is -1.03. The summed E-state index contributed by atoms with van der Waals surface area (Å²) in [6.45, 7) is 5.23. The van der Waals surface area contributed by atoms with Gasteiger partial charge in [-0.1, -0.05) is 56.3 Å². The Bertz CT molecular complexity index is 1580. The molecule has 5 nitrogen and oxygen atoms in total. The molecule has 4 aromatic carbocycles. The van der Waals surface area contributed by atoms with Gasteiger partial charge in [-0.15, -0.1) is 0 Å². The smallest absolute Gasteiger partial charge is 0.252 e. The molecular weight excluding hydrogens is 595 g/mol. The number of rotatable bonds is 9. The molecule has 1 aliphatic carbocycles. The number of ether oxygens (including phenoxy) is 3. The van der Waals surface area contributed by atoms with Gasteiger partial charge in [0, 0.05) is 36.8 Å². The highest BCUT2D eigenvalue weighted by Gasteiger charge is 2.22. The van der Waals surface area contributed by atoms with Crippen LogP contribution in [0.15, 0.2) is 66.7 Å². The zero-order chi connectivity index (χ0) is 31.2. The van der Waals surface area contributed by atoms with E-state index in [2.05, 4.69) is 32.0 Å². The van der Waals surface area contributed by atoms with E-state index < -0.39 is 10.5 Å². The van der Waals surface area contributed by atoms with Gasteiger partial charge in [0.1, 0.15) is 17.2 Å². The Balaban J connectivity index is 1.78. The fourth-order valence-electron chi connectivity index (χ4n) is 5.92. The number of benzene rings is 4. The quantitative estimate of drug-likeness (QED) is 0.152. The Kier molecular flexibility index (Phi) is 10.3. The maximum absolute atomic E-state index is 12.5. The zero-order valence-electron chi connectivity index (χ0n) is 25.3. The van der Waals surface area contributed by atoms with Crippen molar-refractivity contribution in [3.05, 3.63) is 122 Å². The van der Waals surface area contributed by atoms with E-state index in [1.807, 2.05) is 48.5 Å². The van der Waals surface area contributed by atoms with Crippen molar-refractivity contribution in [2.24, 2.45) is 0 Å². The van der Waals surface area contributed by atoms with Crippen molar-refractivity contribution in [1.82, 2.24) is 0 Å². The van der Waals surface area contributed by atoms with Gasteiger partial charge in [0.15, 0.2) is 0 Å². The minimum absolute atomic E-state index is 0.430. The second-order valence-corrected chi connectivity index (χ2v) is 11.8. The molecule has 0 spiro atoms. The van der Waals surface area contributed by atoms with Crippen LogP contribution in [0, 0.1) is 0 Å². The predicted molar refractivity (Wildman–Crippen MR) is 175 cm³/mol. The number of para-hydroxylation sites is 1. The fourth-order valence-corrected chi connectivity index (χ4v) is 6.14. The van der Waals surface area contributed by atoms with Crippen molar-refractivity contribution in [3.8, 4) is 17.2 Å². The van der Waals surface area contributed by atoms with Gasteiger partial charge in [0.2, 0.25) is 0 Å². The lowest BCUT2D eigenvalue weighted by molar-refractivity contribution is 0.107. The first-order valence-electron chi connectivity index (χ1n) is 15.0. The Morgan fingerprint density at radius 1 is 0.591 bits per heavy atom. The van der Waals surface area contributed by atoms with Crippen LogP contribution in [0.25, 0.3) is 0 Å². The standard InChI is InChI=1S/C37H36Cl2O5/c1-4-12-43-34-27-15-23-8-6-9-24(14-23)16-28-20-32(37(39)41)22-30(35(28)44-13-5-2)18-26-11-7-10-25(33(26)42-3)17-29(34)21-31(19-27)36(38)40/h6-11,14,19-22H,4-5,12-13,15-18H2,1-3H3. The van der Waals surface area contributed by atoms with E-state index in [4.69, 9.17) is 37.4 Å². The molecule has 7 heteroatoms. The largest absolute Gasteiger partial charge is 0.496 e. The van der Waals surface area contributed by atoms with Crippen LogP contribution in [0.4, 0.5) is 0 Å². The predicted octanol–water partition coefficient (Wildman–Crippen LogP) is 8.71. The molecule has 0 N–H and O–H groups in total. The maximum Gasteiger partial charge on any atom is 0.252 e. The summed E-state index contributed by atoms with van der Waals surface area (Å²) >= 11 is 12.1. The van der Waals surface area contributed by atoms with Gasteiger partial charge in [-0.3, -0.25) is 9.59 Å². The summed E-state index contributed by atoms with van der Waals surface area (Å²) in [6, 6.07) is 21.7. The Morgan fingerprint density at radius 2 is 1.00 bits per heavy atom. The van der Waals surface area contributed by atoms with Gasteiger partial charge in [-0.05, 0) is 105 Å². The lowest BCUT2D eigenvalue weighted by Gasteiger charge is -2.21. The normalized spacial score (nSPS) is 12.4. The highest BCUT2D eigenvalue weighted by molar-refractivity contribution is 6.68. The highest BCUT2D eigenvalue weighted by Crippen LogP contribution is 2.38. The van der Waals surface area contributed by atoms with E-state index in [1.54, 1.807) is 7.11 Å². The number of hydrogen-bond acceptors (Lipinski definition) is 5. The second-order valence-electron chi connectivity index (χ2n) is 11.1. The average Bonchev–Trinajstić information content (AvgIpc) is 3.00. The van der Waals surface area contributed by atoms with Gasteiger partial charge in [-0.25, -0.2) is 0 Å². The van der Waals surface area contributed by atoms with E-state index in [-0.39, 0.29) is 0 Å². The summed E-state index contributed by atoms with van der Waals surface area (Å²) in [6.07, 6.45) is 3.70. The van der Waals surface area contributed by atoms with Crippen LogP contribution in [-0.2, 0) is 25.7 Å². The van der Waals surface area contributed by atoms with E-state index in [0.29, 0.717) is 50.0 Å². The molecular formula is C37H36Cl2O5. The average molecular weight is 632 g/mol. The van der Waals surface area contributed by atoms with Crippen LogP contribution in [0.1, 0.15) is 91.9 Å². The molecule has 0 aromatic heterocycles. The SMILES string of the molecule is CCCOc1c2cc(C(=O)Cl)cc1Cc1cccc(c1OC)Cc1cc(C(=O)Cl)cc(c1OCCC)Cc1cccc(c1)C2. The third kappa shape index (κ3) is 7.11. The number of hydrogen-bond donors (Lipinski definition) is 0. The van der Waals surface area contributed by atoms with E-state index in [1.165, 1.54) is 0 Å². The first-order chi connectivity index (χ1) is 21.3. The first kappa shape index (κ1) is 31.6. The van der Waals surface area contributed by atoms with Gasteiger partial charge in [0.05, 0.1) is 20.3 Å². The topological polar surface area (TPSA) is 61.8 Å². The van der Waals surface area contributed by atoms with E-state index in [9.17, 15) is 9.59 Å². The molecule has 0 saturated carbocycles. The second kappa shape index (κ2) is 14.3. The lowest BCUT2D eigenvalue weighted by Crippen LogP contribution is -2.09. The van der Waals surface area contributed by atoms with Gasteiger partial charge >= 0.3 is 0 Å². The van der Waals surface area contributed by atoms with Crippen LogP contribution >= 0.6 is 23.2 Å². The monoisotopic (exact) mass is 630 g/mol. The van der Waals surface area contributed by atoms with E-state index >= 15 is 0 Å². The molecule has 228 valence electrons. The van der Waals surface area contributed by atoms with Crippen molar-refractivity contribution >= 4 is 33.7 Å². The molecule has 0 heterocycles. The summed E-state index contributed by atoms with van der Waals surface area (Å²) in [7, 11) is 1.66. The molecule has 0 aliphatic heterocycles. The van der Waals surface area contributed by atoms with Crippen molar-refractivity contribution < 1.29 is 23.8 Å². The molecule has 8 bridgehead atoms. The number of carbonyl (C=O) groups is 2. The Morgan fingerprint density at radius 3 is 1.39 bits per heavy atom. The minimum Gasteiger partial charge on any atom is -0.496 e. The van der Waals surface area contributed by atoms with E-state index in [0.717, 1.165) is 74.6 Å².